The predicted octanol–water partition coefficient (Wildman–Crippen LogP) is 2.05. The molecule has 1 N–H and O–H groups in total. The first kappa shape index (κ1) is 10.5. The van der Waals surface area contributed by atoms with Gasteiger partial charge in [0.15, 0.2) is 5.82 Å². The highest BCUT2D eigenvalue weighted by atomic mass is 32.1. The number of hydrogen-bond donors (Lipinski definition) is 1. The van der Waals surface area contributed by atoms with Crippen molar-refractivity contribution in [1.29, 1.82) is 0 Å². The van der Waals surface area contributed by atoms with E-state index < -0.39 is 4.92 Å². The largest absolute Gasteiger partial charge is 0.280 e. The zero-order chi connectivity index (χ0) is 11.7. The third kappa shape index (κ3) is 1.72. The van der Waals surface area contributed by atoms with Crippen molar-refractivity contribution in [1.82, 2.24) is 14.8 Å². The van der Waals surface area contributed by atoms with E-state index in [1.54, 1.807) is 25.2 Å². The van der Waals surface area contributed by atoms with Crippen LogP contribution in [0.25, 0.3) is 11.4 Å². The number of aryl methyl sites for hydroxylation is 1. The van der Waals surface area contributed by atoms with Crippen LogP contribution in [0.5, 0.6) is 0 Å². The molecular weight excluding hydrogens is 228 g/mol. The van der Waals surface area contributed by atoms with Crippen LogP contribution in [0.2, 0.25) is 0 Å². The Bertz CT molecular complexity index is 602. The number of aromatic nitrogens is 3. The Hall–Kier alpha value is -2.02. The molecule has 82 valence electrons. The van der Waals surface area contributed by atoms with Gasteiger partial charge in [0.25, 0.3) is 5.69 Å². The minimum absolute atomic E-state index is 0.00634. The fraction of sp³-hybridized carbons (Fsp3) is 0.111. The third-order valence-corrected chi connectivity index (χ3v) is 2.49. The van der Waals surface area contributed by atoms with Gasteiger partial charge in [-0.3, -0.25) is 19.9 Å². The van der Waals surface area contributed by atoms with Crippen LogP contribution in [0, 0.1) is 14.9 Å². The zero-order valence-electron chi connectivity index (χ0n) is 8.38. The molecule has 2 rings (SSSR count). The molecular formula is C9H8N4O2S. The number of benzene rings is 1. The van der Waals surface area contributed by atoms with Crippen molar-refractivity contribution in [2.24, 2.45) is 7.05 Å². The Balaban J connectivity index is 2.64. The monoisotopic (exact) mass is 236 g/mol. The minimum Gasteiger partial charge on any atom is -0.279 e. The highest BCUT2D eigenvalue weighted by Crippen LogP contribution is 2.26. The van der Waals surface area contributed by atoms with Gasteiger partial charge in [0.1, 0.15) is 0 Å². The molecule has 0 aliphatic carbocycles. The molecule has 0 fully saturated rings. The van der Waals surface area contributed by atoms with Crippen LogP contribution in [-0.2, 0) is 7.05 Å². The number of H-pyrrole nitrogens is 1. The number of nitrogens with zero attached hydrogens (tertiary/aromatic N) is 3. The molecule has 7 heteroatoms. The molecule has 1 heterocycles. The van der Waals surface area contributed by atoms with E-state index in [0.29, 0.717) is 16.2 Å². The first-order chi connectivity index (χ1) is 7.59. The van der Waals surface area contributed by atoms with Crippen LogP contribution in [-0.4, -0.2) is 19.7 Å². The average Bonchev–Trinajstić information content (AvgIpc) is 2.59. The van der Waals surface area contributed by atoms with Gasteiger partial charge in [-0.1, -0.05) is 12.1 Å². The van der Waals surface area contributed by atoms with Crippen LogP contribution in [0.4, 0.5) is 5.69 Å². The summed E-state index contributed by atoms with van der Waals surface area (Å²) in [5.74, 6) is 0.403. The Morgan fingerprint density at radius 3 is 2.75 bits per heavy atom. The summed E-state index contributed by atoms with van der Waals surface area (Å²) in [6.07, 6.45) is 0. The van der Waals surface area contributed by atoms with Crippen LogP contribution < -0.4 is 0 Å². The molecule has 0 unspecified atom stereocenters. The summed E-state index contributed by atoms with van der Waals surface area (Å²) in [4.78, 5) is 14.4. The van der Waals surface area contributed by atoms with Crippen molar-refractivity contribution in [3.63, 3.8) is 0 Å². The maximum atomic E-state index is 10.8. The van der Waals surface area contributed by atoms with E-state index in [-0.39, 0.29) is 5.69 Å². The second kappa shape index (κ2) is 3.86. The normalized spacial score (nSPS) is 10.3. The number of hydrogen-bond acceptors (Lipinski definition) is 4. The fourth-order valence-electron chi connectivity index (χ4n) is 1.36. The van der Waals surface area contributed by atoms with E-state index in [9.17, 15) is 10.1 Å². The summed E-state index contributed by atoms with van der Waals surface area (Å²) in [5.41, 5.74) is 0.436. The van der Waals surface area contributed by atoms with E-state index >= 15 is 0 Å². The number of para-hydroxylation sites is 1. The van der Waals surface area contributed by atoms with Crippen LogP contribution in [0.1, 0.15) is 0 Å². The van der Waals surface area contributed by atoms with Gasteiger partial charge in [-0.15, -0.1) is 0 Å². The van der Waals surface area contributed by atoms with Gasteiger partial charge < -0.3 is 0 Å². The molecule has 6 nitrogen and oxygen atoms in total. The quantitative estimate of drug-likeness (QED) is 0.492. The van der Waals surface area contributed by atoms with E-state index in [0.717, 1.165) is 0 Å². The Kier molecular flexibility index (Phi) is 2.53. The summed E-state index contributed by atoms with van der Waals surface area (Å²) in [6.45, 7) is 0. The predicted molar refractivity (Wildman–Crippen MR) is 60.5 cm³/mol. The number of nitro benzene ring substituents is 1. The van der Waals surface area contributed by atoms with Crippen LogP contribution in [0.15, 0.2) is 24.3 Å². The summed E-state index contributed by atoms with van der Waals surface area (Å²) >= 11 is 4.93. The zero-order valence-corrected chi connectivity index (χ0v) is 9.19. The molecule has 0 saturated carbocycles. The molecule has 0 amide bonds. The van der Waals surface area contributed by atoms with Gasteiger partial charge in [0.05, 0.1) is 10.5 Å². The second-order valence-corrected chi connectivity index (χ2v) is 3.55. The molecule has 0 saturated heterocycles. The van der Waals surface area contributed by atoms with Crippen LogP contribution in [0.3, 0.4) is 0 Å². The Morgan fingerprint density at radius 2 is 2.19 bits per heavy atom. The van der Waals surface area contributed by atoms with E-state index in [2.05, 4.69) is 10.1 Å². The molecule has 2 aromatic rings. The number of aromatic amines is 1. The lowest BCUT2D eigenvalue weighted by Crippen LogP contribution is -1.94. The van der Waals surface area contributed by atoms with Crippen LogP contribution >= 0.6 is 12.2 Å². The van der Waals surface area contributed by atoms with E-state index in [1.807, 2.05) is 0 Å². The van der Waals surface area contributed by atoms with Crippen molar-refractivity contribution in [2.45, 2.75) is 0 Å². The standard InChI is InChI=1S/C9H8N4O2S/c1-12-9(16)10-8(11-12)6-4-2-3-5-7(6)13(14)15/h2-5H,1H3,(H,10,11,16). The molecule has 0 atom stereocenters. The molecule has 0 radical (unpaired) electrons. The summed E-state index contributed by atoms with van der Waals surface area (Å²) in [5, 5.41) is 13.7. The molecule has 0 bridgehead atoms. The van der Waals surface area contributed by atoms with Crippen molar-refractivity contribution >= 4 is 17.9 Å². The molecule has 0 spiro atoms. The molecule has 1 aromatic carbocycles. The fourth-order valence-corrected chi connectivity index (χ4v) is 1.49. The first-order valence-corrected chi connectivity index (χ1v) is 4.87. The molecule has 0 aliphatic rings. The highest BCUT2D eigenvalue weighted by Gasteiger charge is 2.16. The van der Waals surface area contributed by atoms with Gasteiger partial charge in [0.2, 0.25) is 4.77 Å². The topological polar surface area (TPSA) is 76.8 Å². The van der Waals surface area contributed by atoms with Crippen molar-refractivity contribution in [3.8, 4) is 11.4 Å². The molecule has 1 aromatic heterocycles. The van der Waals surface area contributed by atoms with Gasteiger partial charge in [-0.25, -0.2) is 0 Å². The highest BCUT2D eigenvalue weighted by molar-refractivity contribution is 7.71. The van der Waals surface area contributed by atoms with Crippen molar-refractivity contribution in [3.05, 3.63) is 39.2 Å². The molecule has 16 heavy (non-hydrogen) atoms. The Labute approximate surface area is 95.7 Å². The second-order valence-electron chi connectivity index (χ2n) is 3.19. The lowest BCUT2D eigenvalue weighted by Gasteiger charge is -1.98. The summed E-state index contributed by atoms with van der Waals surface area (Å²) in [7, 11) is 1.70. The lowest BCUT2D eigenvalue weighted by atomic mass is 10.2. The average molecular weight is 236 g/mol. The van der Waals surface area contributed by atoms with Crippen molar-refractivity contribution in [2.75, 3.05) is 0 Å². The SMILES string of the molecule is Cn1[nH]c(-c2ccccc2[N+](=O)[O-])nc1=S. The van der Waals surface area contributed by atoms with Gasteiger partial charge in [0, 0.05) is 13.1 Å². The molecule has 0 aliphatic heterocycles. The first-order valence-electron chi connectivity index (χ1n) is 4.46. The summed E-state index contributed by atoms with van der Waals surface area (Å²) in [6, 6.07) is 6.39. The maximum Gasteiger partial charge on any atom is 0.280 e. The maximum absolute atomic E-state index is 10.8. The number of nitro groups is 1. The van der Waals surface area contributed by atoms with Gasteiger partial charge in [-0.2, -0.15) is 4.98 Å². The Morgan fingerprint density at radius 1 is 1.50 bits per heavy atom. The number of rotatable bonds is 2. The van der Waals surface area contributed by atoms with Gasteiger partial charge >= 0.3 is 0 Å². The number of nitrogens with one attached hydrogen (secondary N) is 1. The van der Waals surface area contributed by atoms with E-state index in [4.69, 9.17) is 12.2 Å². The summed E-state index contributed by atoms with van der Waals surface area (Å²) < 4.78 is 1.88. The third-order valence-electron chi connectivity index (χ3n) is 2.12. The van der Waals surface area contributed by atoms with Gasteiger partial charge in [-0.05, 0) is 18.3 Å². The lowest BCUT2D eigenvalue weighted by molar-refractivity contribution is -0.384. The minimum atomic E-state index is -0.444. The van der Waals surface area contributed by atoms with E-state index in [1.165, 1.54) is 10.7 Å². The van der Waals surface area contributed by atoms with Crippen molar-refractivity contribution < 1.29 is 4.92 Å². The smallest absolute Gasteiger partial charge is 0.279 e.